The number of likely N-dealkylation sites (N-methyl/N-ethyl adjacent to an activating group) is 1. The minimum Gasteiger partial charge on any atom is -0.340 e. The zero-order valence-corrected chi connectivity index (χ0v) is 11.8. The van der Waals surface area contributed by atoms with Crippen LogP contribution in [0.15, 0.2) is 30.7 Å². The van der Waals surface area contributed by atoms with Crippen molar-refractivity contribution in [1.29, 1.82) is 0 Å². The van der Waals surface area contributed by atoms with Crippen LogP contribution in [0.25, 0.3) is 0 Å². The molecular formula is C14H17ClFN3. The molecule has 5 heteroatoms. The number of aryl methyl sites for hydroxylation is 1. The van der Waals surface area contributed by atoms with Crippen molar-refractivity contribution in [2.75, 3.05) is 6.54 Å². The number of rotatable bonds is 5. The van der Waals surface area contributed by atoms with Gasteiger partial charge in [0.15, 0.2) is 0 Å². The van der Waals surface area contributed by atoms with Crippen LogP contribution in [-0.2, 0) is 13.5 Å². The number of imidazole rings is 1. The minimum absolute atomic E-state index is 0.0147. The number of hydrogen-bond donors (Lipinski definition) is 1. The van der Waals surface area contributed by atoms with Crippen molar-refractivity contribution >= 4 is 11.6 Å². The number of hydrogen-bond acceptors (Lipinski definition) is 2. The summed E-state index contributed by atoms with van der Waals surface area (Å²) >= 11 is 5.92. The highest BCUT2D eigenvalue weighted by molar-refractivity contribution is 6.30. The van der Waals surface area contributed by atoms with Crippen LogP contribution in [0.5, 0.6) is 0 Å². The van der Waals surface area contributed by atoms with Gasteiger partial charge in [-0.1, -0.05) is 18.5 Å². The maximum atomic E-state index is 13.8. The van der Waals surface area contributed by atoms with E-state index in [-0.39, 0.29) is 11.9 Å². The van der Waals surface area contributed by atoms with Gasteiger partial charge in [-0.15, -0.1) is 0 Å². The quantitative estimate of drug-likeness (QED) is 0.913. The van der Waals surface area contributed by atoms with Crippen molar-refractivity contribution in [1.82, 2.24) is 14.9 Å². The molecule has 2 rings (SSSR count). The van der Waals surface area contributed by atoms with Crippen molar-refractivity contribution in [3.8, 4) is 0 Å². The zero-order chi connectivity index (χ0) is 13.8. The summed E-state index contributed by atoms with van der Waals surface area (Å²) in [7, 11) is 1.92. The third kappa shape index (κ3) is 3.55. The van der Waals surface area contributed by atoms with Gasteiger partial charge in [-0.05, 0) is 36.7 Å². The van der Waals surface area contributed by atoms with Crippen molar-refractivity contribution in [2.24, 2.45) is 7.05 Å². The van der Waals surface area contributed by atoms with Gasteiger partial charge in [0.05, 0.1) is 18.1 Å². The van der Waals surface area contributed by atoms with Gasteiger partial charge in [-0.25, -0.2) is 9.37 Å². The molecule has 1 N–H and O–H groups in total. The highest BCUT2D eigenvalue weighted by Gasteiger charge is 2.16. The maximum Gasteiger partial charge on any atom is 0.126 e. The normalized spacial score (nSPS) is 12.6. The average molecular weight is 282 g/mol. The van der Waals surface area contributed by atoms with E-state index in [1.165, 1.54) is 6.07 Å². The van der Waals surface area contributed by atoms with Crippen LogP contribution in [0.1, 0.15) is 24.2 Å². The SMILES string of the molecule is CCNC(Cc1cc(Cl)ccc1F)c1cn(C)cn1. The lowest BCUT2D eigenvalue weighted by Gasteiger charge is -2.16. The smallest absolute Gasteiger partial charge is 0.126 e. The van der Waals surface area contributed by atoms with Crippen molar-refractivity contribution in [3.05, 3.63) is 52.8 Å². The number of halogens is 2. The first-order valence-corrected chi connectivity index (χ1v) is 6.63. The predicted octanol–water partition coefficient (Wildman–Crippen LogP) is 3.11. The average Bonchev–Trinajstić information content (AvgIpc) is 2.80. The highest BCUT2D eigenvalue weighted by Crippen LogP contribution is 2.21. The van der Waals surface area contributed by atoms with Gasteiger partial charge in [-0.2, -0.15) is 0 Å². The Kier molecular flexibility index (Phi) is 4.56. The molecule has 1 aromatic heterocycles. The summed E-state index contributed by atoms with van der Waals surface area (Å²) in [6.45, 7) is 2.81. The first-order chi connectivity index (χ1) is 9.10. The van der Waals surface area contributed by atoms with Crippen LogP contribution >= 0.6 is 11.6 Å². The Hall–Kier alpha value is -1.39. The molecule has 0 fully saturated rings. The van der Waals surface area contributed by atoms with Crippen molar-refractivity contribution in [2.45, 2.75) is 19.4 Å². The molecule has 0 radical (unpaired) electrons. The molecule has 1 atom stereocenters. The van der Waals surface area contributed by atoms with Crippen LogP contribution in [0.4, 0.5) is 4.39 Å². The Morgan fingerprint density at radius 3 is 2.89 bits per heavy atom. The standard InChI is InChI=1S/C14H17ClFN3/c1-3-17-13(14-8-19(2)9-18-14)7-10-6-11(15)4-5-12(10)16/h4-6,8-9,13,17H,3,7H2,1-2H3. The number of nitrogens with zero attached hydrogens (tertiary/aromatic N) is 2. The van der Waals surface area contributed by atoms with E-state index in [4.69, 9.17) is 11.6 Å². The predicted molar refractivity (Wildman–Crippen MR) is 74.7 cm³/mol. The molecule has 1 unspecified atom stereocenters. The molecule has 0 saturated carbocycles. The fourth-order valence-corrected chi connectivity index (χ4v) is 2.26. The van der Waals surface area contributed by atoms with Crippen molar-refractivity contribution in [3.63, 3.8) is 0 Å². The third-order valence-corrected chi connectivity index (χ3v) is 3.20. The molecule has 0 aliphatic rings. The third-order valence-electron chi connectivity index (χ3n) is 2.96. The molecule has 102 valence electrons. The van der Waals surface area contributed by atoms with Crippen LogP contribution < -0.4 is 5.32 Å². The summed E-state index contributed by atoms with van der Waals surface area (Å²) in [4.78, 5) is 4.33. The lowest BCUT2D eigenvalue weighted by Crippen LogP contribution is -2.23. The van der Waals surface area contributed by atoms with E-state index >= 15 is 0 Å². The maximum absolute atomic E-state index is 13.8. The molecule has 1 aromatic carbocycles. The molecule has 0 amide bonds. The Morgan fingerprint density at radius 1 is 1.47 bits per heavy atom. The van der Waals surface area contributed by atoms with E-state index in [0.717, 1.165) is 12.2 Å². The summed E-state index contributed by atoms with van der Waals surface area (Å²) in [6.07, 6.45) is 4.21. The van der Waals surface area contributed by atoms with Crippen LogP contribution in [0.3, 0.4) is 0 Å². The Balaban J connectivity index is 2.23. The molecular weight excluding hydrogens is 265 g/mol. The Morgan fingerprint density at radius 2 is 2.26 bits per heavy atom. The van der Waals surface area contributed by atoms with Crippen LogP contribution in [0, 0.1) is 5.82 Å². The van der Waals surface area contributed by atoms with Gasteiger partial charge in [0.1, 0.15) is 5.82 Å². The molecule has 1 heterocycles. The number of nitrogens with one attached hydrogen (secondary N) is 1. The van der Waals surface area contributed by atoms with Gasteiger partial charge in [0.2, 0.25) is 0 Å². The first kappa shape index (κ1) is 14.0. The van der Waals surface area contributed by atoms with Crippen LogP contribution in [-0.4, -0.2) is 16.1 Å². The summed E-state index contributed by atoms with van der Waals surface area (Å²) in [5.41, 5.74) is 1.51. The second-order valence-corrected chi connectivity index (χ2v) is 4.95. The molecule has 3 nitrogen and oxygen atoms in total. The molecule has 0 aliphatic carbocycles. The molecule has 0 saturated heterocycles. The molecule has 0 bridgehead atoms. The van der Waals surface area contributed by atoms with E-state index in [2.05, 4.69) is 10.3 Å². The van der Waals surface area contributed by atoms with Gasteiger partial charge in [0, 0.05) is 18.3 Å². The van der Waals surface area contributed by atoms with E-state index in [1.54, 1.807) is 18.5 Å². The molecule has 0 aliphatic heterocycles. The van der Waals surface area contributed by atoms with Crippen molar-refractivity contribution < 1.29 is 4.39 Å². The van der Waals surface area contributed by atoms with Gasteiger partial charge in [-0.3, -0.25) is 0 Å². The highest BCUT2D eigenvalue weighted by atomic mass is 35.5. The second kappa shape index (κ2) is 6.17. The van der Waals surface area contributed by atoms with E-state index in [0.29, 0.717) is 17.0 Å². The minimum atomic E-state index is -0.233. The fraction of sp³-hybridized carbons (Fsp3) is 0.357. The van der Waals surface area contributed by atoms with Crippen LogP contribution in [0.2, 0.25) is 5.02 Å². The first-order valence-electron chi connectivity index (χ1n) is 6.25. The summed E-state index contributed by atoms with van der Waals surface area (Å²) in [6, 6.07) is 4.62. The summed E-state index contributed by atoms with van der Waals surface area (Å²) in [5.74, 6) is -0.233. The zero-order valence-electron chi connectivity index (χ0n) is 11.0. The van der Waals surface area contributed by atoms with E-state index in [9.17, 15) is 4.39 Å². The largest absolute Gasteiger partial charge is 0.340 e. The van der Waals surface area contributed by atoms with Gasteiger partial charge in [0.25, 0.3) is 0 Å². The molecule has 0 spiro atoms. The summed E-state index contributed by atoms with van der Waals surface area (Å²) < 4.78 is 15.7. The summed E-state index contributed by atoms with van der Waals surface area (Å²) in [5, 5.41) is 3.87. The lowest BCUT2D eigenvalue weighted by molar-refractivity contribution is 0.519. The van der Waals surface area contributed by atoms with E-state index < -0.39 is 0 Å². The van der Waals surface area contributed by atoms with E-state index in [1.807, 2.05) is 24.7 Å². The topological polar surface area (TPSA) is 29.9 Å². The lowest BCUT2D eigenvalue weighted by atomic mass is 10.0. The van der Waals surface area contributed by atoms with Gasteiger partial charge >= 0.3 is 0 Å². The number of benzene rings is 1. The Labute approximate surface area is 117 Å². The molecule has 2 aromatic rings. The monoisotopic (exact) mass is 281 g/mol. The Bertz CT molecular complexity index is 553. The second-order valence-electron chi connectivity index (χ2n) is 4.51. The van der Waals surface area contributed by atoms with Gasteiger partial charge < -0.3 is 9.88 Å². The molecule has 19 heavy (non-hydrogen) atoms. The number of aromatic nitrogens is 2. The fourth-order valence-electron chi connectivity index (χ4n) is 2.06.